The largest absolute Gasteiger partial charge is 0.383 e. The fourth-order valence-electron chi connectivity index (χ4n) is 0.907. The lowest BCUT2D eigenvalue weighted by Gasteiger charge is -2.07. The van der Waals surface area contributed by atoms with Crippen molar-refractivity contribution in [2.45, 2.75) is 13.0 Å². The van der Waals surface area contributed by atoms with Crippen LogP contribution >= 0.6 is 0 Å². The highest BCUT2D eigenvalue weighted by Gasteiger charge is 2.18. The van der Waals surface area contributed by atoms with E-state index in [1.54, 1.807) is 0 Å². The van der Waals surface area contributed by atoms with Gasteiger partial charge in [0.2, 0.25) is 0 Å². The monoisotopic (exact) mass is 191 g/mol. The second-order valence-electron chi connectivity index (χ2n) is 2.40. The van der Waals surface area contributed by atoms with E-state index in [9.17, 15) is 13.2 Å². The van der Waals surface area contributed by atoms with Crippen LogP contribution in [0.1, 0.15) is 17.6 Å². The van der Waals surface area contributed by atoms with Crippen molar-refractivity contribution in [3.05, 3.63) is 23.1 Å². The van der Waals surface area contributed by atoms with Gasteiger partial charge < -0.3 is 11.5 Å². The average molecular weight is 191 g/mol. The summed E-state index contributed by atoms with van der Waals surface area (Å²) in [5.74, 6) is -1.21. The lowest BCUT2D eigenvalue weighted by molar-refractivity contribution is 0.145. The standard InChI is InChI=1S/C7H8F3N3/c8-5-3(1-11)7(12)13-2-4(5)6(9)10/h2,6H,1,11H2,(H2,12,13). The van der Waals surface area contributed by atoms with Crippen LogP contribution in [-0.2, 0) is 6.54 Å². The molecular formula is C7H8F3N3. The molecule has 3 nitrogen and oxygen atoms in total. The van der Waals surface area contributed by atoms with Crippen molar-refractivity contribution in [1.82, 2.24) is 4.98 Å². The Balaban J connectivity index is 3.27. The van der Waals surface area contributed by atoms with Gasteiger partial charge >= 0.3 is 0 Å². The number of aromatic nitrogens is 1. The third kappa shape index (κ3) is 1.72. The van der Waals surface area contributed by atoms with E-state index in [1.165, 1.54) is 0 Å². The number of halogens is 3. The number of hydrogen-bond donors (Lipinski definition) is 2. The first-order chi connectivity index (χ1) is 6.07. The Hall–Kier alpha value is -1.30. The molecule has 1 aromatic heterocycles. The first kappa shape index (κ1) is 9.79. The van der Waals surface area contributed by atoms with Gasteiger partial charge in [0.15, 0.2) is 0 Å². The molecule has 0 unspecified atom stereocenters. The van der Waals surface area contributed by atoms with Crippen LogP contribution in [-0.4, -0.2) is 4.98 Å². The molecule has 0 fully saturated rings. The van der Waals surface area contributed by atoms with Gasteiger partial charge in [-0.25, -0.2) is 18.2 Å². The summed E-state index contributed by atoms with van der Waals surface area (Å²) in [7, 11) is 0. The van der Waals surface area contributed by atoms with Crippen LogP contribution in [0.15, 0.2) is 6.20 Å². The van der Waals surface area contributed by atoms with Crippen LogP contribution in [0.5, 0.6) is 0 Å². The minimum Gasteiger partial charge on any atom is -0.383 e. The molecule has 1 aromatic rings. The first-order valence-electron chi connectivity index (χ1n) is 3.49. The maximum absolute atomic E-state index is 13.1. The Morgan fingerprint density at radius 1 is 1.46 bits per heavy atom. The van der Waals surface area contributed by atoms with Gasteiger partial charge in [-0.3, -0.25) is 0 Å². The summed E-state index contributed by atoms with van der Waals surface area (Å²) in [6, 6.07) is 0. The number of nitrogens with zero attached hydrogens (tertiary/aromatic N) is 1. The van der Waals surface area contributed by atoms with Crippen molar-refractivity contribution in [2.75, 3.05) is 5.73 Å². The molecule has 0 aromatic carbocycles. The van der Waals surface area contributed by atoms with E-state index >= 15 is 0 Å². The summed E-state index contributed by atoms with van der Waals surface area (Å²) in [5, 5.41) is 0. The Morgan fingerprint density at radius 3 is 2.54 bits per heavy atom. The highest BCUT2D eigenvalue weighted by molar-refractivity contribution is 5.42. The van der Waals surface area contributed by atoms with E-state index in [2.05, 4.69) is 4.98 Å². The number of alkyl halides is 2. The molecule has 13 heavy (non-hydrogen) atoms. The lowest BCUT2D eigenvalue weighted by Crippen LogP contribution is -2.09. The zero-order valence-corrected chi connectivity index (χ0v) is 6.60. The van der Waals surface area contributed by atoms with Crippen molar-refractivity contribution >= 4 is 5.82 Å². The Bertz CT molecular complexity index is 314. The van der Waals surface area contributed by atoms with Gasteiger partial charge in [-0.2, -0.15) is 0 Å². The van der Waals surface area contributed by atoms with Gasteiger partial charge in [0.05, 0.1) is 5.56 Å². The molecule has 0 bridgehead atoms. The maximum Gasteiger partial charge on any atom is 0.268 e. The molecule has 0 aliphatic rings. The van der Waals surface area contributed by atoms with Crippen LogP contribution in [0.2, 0.25) is 0 Å². The second-order valence-corrected chi connectivity index (χ2v) is 2.40. The van der Waals surface area contributed by atoms with Crippen LogP contribution < -0.4 is 11.5 Å². The van der Waals surface area contributed by atoms with Crippen molar-refractivity contribution in [3.8, 4) is 0 Å². The first-order valence-corrected chi connectivity index (χ1v) is 3.49. The van der Waals surface area contributed by atoms with Crippen molar-refractivity contribution < 1.29 is 13.2 Å². The Labute approximate surface area is 72.6 Å². The van der Waals surface area contributed by atoms with E-state index in [4.69, 9.17) is 11.5 Å². The molecule has 0 aliphatic carbocycles. The predicted molar refractivity (Wildman–Crippen MR) is 41.5 cm³/mol. The number of anilines is 1. The van der Waals surface area contributed by atoms with Gasteiger partial charge in [0, 0.05) is 18.3 Å². The summed E-state index contributed by atoms with van der Waals surface area (Å²) in [4.78, 5) is 3.41. The van der Waals surface area contributed by atoms with E-state index in [0.717, 1.165) is 0 Å². The van der Waals surface area contributed by atoms with Crippen LogP contribution in [0, 0.1) is 5.82 Å². The van der Waals surface area contributed by atoms with Gasteiger partial charge in [-0.1, -0.05) is 0 Å². The van der Waals surface area contributed by atoms with Gasteiger partial charge in [-0.15, -0.1) is 0 Å². The molecule has 4 N–H and O–H groups in total. The molecule has 0 spiro atoms. The number of rotatable bonds is 2. The second kappa shape index (κ2) is 3.61. The van der Waals surface area contributed by atoms with Crippen molar-refractivity contribution in [2.24, 2.45) is 5.73 Å². The van der Waals surface area contributed by atoms with E-state index in [1.807, 2.05) is 0 Å². The van der Waals surface area contributed by atoms with Gasteiger partial charge in [0.1, 0.15) is 11.6 Å². The molecule has 0 amide bonds. The molecule has 6 heteroatoms. The summed E-state index contributed by atoms with van der Waals surface area (Å²) in [6.07, 6.45) is -2.19. The summed E-state index contributed by atoms with van der Waals surface area (Å²) < 4.78 is 37.3. The summed E-state index contributed by atoms with van der Waals surface area (Å²) in [6.45, 7) is -0.245. The quantitative estimate of drug-likeness (QED) is 0.738. The molecule has 0 atom stereocenters. The van der Waals surface area contributed by atoms with E-state index in [-0.39, 0.29) is 17.9 Å². The lowest BCUT2D eigenvalue weighted by atomic mass is 10.1. The average Bonchev–Trinajstić information content (AvgIpc) is 2.04. The van der Waals surface area contributed by atoms with Crippen LogP contribution in [0.25, 0.3) is 0 Å². The number of nitrogen functional groups attached to an aromatic ring is 1. The fourth-order valence-corrected chi connectivity index (χ4v) is 0.907. The Kier molecular flexibility index (Phi) is 2.72. The molecule has 1 heterocycles. The molecule has 0 saturated heterocycles. The van der Waals surface area contributed by atoms with Gasteiger partial charge in [-0.05, 0) is 0 Å². The zero-order chi connectivity index (χ0) is 10.0. The van der Waals surface area contributed by atoms with Crippen LogP contribution in [0.4, 0.5) is 19.0 Å². The van der Waals surface area contributed by atoms with E-state index in [0.29, 0.717) is 6.20 Å². The molecular weight excluding hydrogens is 183 g/mol. The smallest absolute Gasteiger partial charge is 0.268 e. The minimum absolute atomic E-state index is 0.149. The van der Waals surface area contributed by atoms with Crippen molar-refractivity contribution in [3.63, 3.8) is 0 Å². The number of nitrogens with two attached hydrogens (primary N) is 2. The summed E-state index contributed by atoms with van der Waals surface area (Å²) >= 11 is 0. The highest BCUT2D eigenvalue weighted by atomic mass is 19.3. The van der Waals surface area contributed by atoms with Gasteiger partial charge in [0.25, 0.3) is 6.43 Å². The predicted octanol–water partition coefficient (Wildman–Crippen LogP) is 1.20. The van der Waals surface area contributed by atoms with Crippen molar-refractivity contribution in [1.29, 1.82) is 0 Å². The molecule has 1 rings (SSSR count). The zero-order valence-electron chi connectivity index (χ0n) is 6.60. The fraction of sp³-hybridized carbons (Fsp3) is 0.286. The topological polar surface area (TPSA) is 64.9 Å². The third-order valence-corrected chi connectivity index (χ3v) is 1.61. The molecule has 0 saturated carbocycles. The Morgan fingerprint density at radius 2 is 2.08 bits per heavy atom. The normalized spacial score (nSPS) is 10.8. The molecule has 0 radical (unpaired) electrons. The SMILES string of the molecule is NCc1c(N)ncc(C(F)F)c1F. The number of hydrogen-bond acceptors (Lipinski definition) is 3. The minimum atomic E-state index is -2.90. The highest BCUT2D eigenvalue weighted by Crippen LogP contribution is 2.25. The van der Waals surface area contributed by atoms with Crippen LogP contribution in [0.3, 0.4) is 0 Å². The number of pyridine rings is 1. The van der Waals surface area contributed by atoms with E-state index < -0.39 is 17.8 Å². The molecule has 72 valence electrons. The third-order valence-electron chi connectivity index (χ3n) is 1.61. The maximum atomic E-state index is 13.1. The molecule has 0 aliphatic heterocycles. The summed E-state index contributed by atoms with van der Waals surface area (Å²) in [5.41, 5.74) is 9.40.